The predicted molar refractivity (Wildman–Crippen MR) is 27.6 cm³/mol. The Morgan fingerprint density at radius 3 is 2.57 bits per heavy atom. The third-order valence-electron chi connectivity index (χ3n) is 1.10. The second-order valence-corrected chi connectivity index (χ2v) is 2.94. The van der Waals surface area contributed by atoms with Crippen molar-refractivity contribution in [1.29, 1.82) is 0 Å². The molecular formula is C5H4FNa. The van der Waals surface area contributed by atoms with Crippen molar-refractivity contribution in [2.75, 3.05) is 0 Å². The Bertz CT molecular complexity index is 135. The van der Waals surface area contributed by atoms with Gasteiger partial charge in [-0.2, -0.15) is 0 Å². The molecule has 0 spiro atoms. The fourth-order valence-electron chi connectivity index (χ4n) is 0.579. The standard InChI is InChI=1S/C5H4F.Na/c6-5-3-1-2-4-5;/h1,3H,2H2;. The van der Waals surface area contributed by atoms with Gasteiger partial charge in [0.2, 0.25) is 0 Å². The maximum absolute atomic E-state index is 12.1. The minimum absolute atomic E-state index is 0.00617. The molecule has 0 saturated heterocycles. The van der Waals surface area contributed by atoms with Crippen LogP contribution < -0.4 is 0 Å². The van der Waals surface area contributed by atoms with Gasteiger partial charge in [0.05, 0.1) is 0 Å². The number of allylic oxidation sites excluding steroid dienone is 4. The van der Waals surface area contributed by atoms with Gasteiger partial charge in [-0.15, -0.1) is 0 Å². The van der Waals surface area contributed by atoms with Gasteiger partial charge < -0.3 is 0 Å². The summed E-state index contributed by atoms with van der Waals surface area (Å²) >= 11 is 0.879. The first-order valence-corrected chi connectivity index (χ1v) is 3.32. The molecule has 0 bridgehead atoms. The van der Waals surface area contributed by atoms with E-state index in [1.165, 1.54) is 0 Å². The Kier molecular flexibility index (Phi) is 1.68. The van der Waals surface area contributed by atoms with E-state index in [1.807, 2.05) is 6.08 Å². The zero-order valence-corrected chi connectivity index (χ0v) is 6.24. The van der Waals surface area contributed by atoms with Gasteiger partial charge in [-0.3, -0.25) is 0 Å². The summed E-state index contributed by atoms with van der Waals surface area (Å²) in [6.45, 7) is 0. The van der Waals surface area contributed by atoms with Gasteiger partial charge in [0.1, 0.15) is 0 Å². The van der Waals surface area contributed by atoms with Crippen molar-refractivity contribution < 1.29 is 4.39 Å². The number of rotatable bonds is 0. The first-order valence-electron chi connectivity index (χ1n) is 2.32. The van der Waals surface area contributed by atoms with Crippen LogP contribution in [-0.4, -0.2) is 27.9 Å². The van der Waals surface area contributed by atoms with E-state index in [4.69, 9.17) is 0 Å². The quantitative estimate of drug-likeness (QED) is 0.408. The summed E-state index contributed by atoms with van der Waals surface area (Å²) in [6.07, 6.45) is 4.26. The molecule has 2 heteroatoms. The van der Waals surface area contributed by atoms with E-state index in [-0.39, 0.29) is 5.83 Å². The zero-order chi connectivity index (χ0) is 5.28. The predicted octanol–water partition coefficient (Wildman–Crippen LogP) is 1.30. The summed E-state index contributed by atoms with van der Waals surface area (Å²) in [5.74, 6) is 0.00617. The zero-order valence-electron chi connectivity index (χ0n) is 4.24. The summed E-state index contributed by atoms with van der Waals surface area (Å²) < 4.78 is 13.1. The van der Waals surface area contributed by atoms with Gasteiger partial charge in [0.25, 0.3) is 0 Å². The molecule has 1 rings (SSSR count). The van der Waals surface area contributed by atoms with Crippen LogP contribution >= 0.6 is 0 Å². The molecule has 1 aliphatic carbocycles. The number of hydrogen-bond acceptors (Lipinski definition) is 0. The topological polar surface area (TPSA) is 0 Å². The molecule has 0 amide bonds. The molecule has 0 nitrogen and oxygen atoms in total. The van der Waals surface area contributed by atoms with Gasteiger partial charge in [-0.1, -0.05) is 0 Å². The van der Waals surface area contributed by atoms with E-state index in [2.05, 4.69) is 0 Å². The molecule has 0 radical (unpaired) electrons. The fourth-order valence-corrected chi connectivity index (χ4v) is 0.981. The summed E-state index contributed by atoms with van der Waals surface area (Å²) in [5, 5.41) is 0. The molecule has 0 aromatic carbocycles. The van der Waals surface area contributed by atoms with Crippen molar-refractivity contribution in [1.82, 2.24) is 0 Å². The first-order chi connectivity index (χ1) is 3.30. The molecule has 7 heavy (non-hydrogen) atoms. The third kappa shape index (κ3) is 1.15. The SMILES string of the molecule is FC1=[C]([Na])CC=C1. The molecule has 0 N–H and O–H groups in total. The Balaban J connectivity index is 2.79. The minimum atomic E-state index is 0.00617. The number of hydrogen-bond donors (Lipinski definition) is 0. The van der Waals surface area contributed by atoms with Crippen molar-refractivity contribution in [3.63, 3.8) is 0 Å². The van der Waals surface area contributed by atoms with Crippen molar-refractivity contribution in [2.45, 2.75) is 6.42 Å². The van der Waals surface area contributed by atoms with Crippen LogP contribution in [0.3, 0.4) is 0 Å². The van der Waals surface area contributed by atoms with Crippen LogP contribution in [0.4, 0.5) is 4.39 Å². The summed E-state index contributed by atoms with van der Waals surface area (Å²) in [6, 6.07) is 0. The van der Waals surface area contributed by atoms with Crippen molar-refractivity contribution >= 4 is 27.9 Å². The molecule has 0 heterocycles. The van der Waals surface area contributed by atoms with Crippen LogP contribution in [0.25, 0.3) is 0 Å². The van der Waals surface area contributed by atoms with Crippen LogP contribution in [0, 0.1) is 0 Å². The summed E-state index contributed by atoms with van der Waals surface area (Å²) in [4.78, 5) is 0. The molecular weight excluding hydrogens is 102 g/mol. The van der Waals surface area contributed by atoms with Crippen molar-refractivity contribution in [3.05, 3.63) is 20.8 Å². The van der Waals surface area contributed by atoms with Gasteiger partial charge in [-0.05, 0) is 0 Å². The summed E-state index contributed by atoms with van der Waals surface area (Å²) in [5.41, 5.74) is 0. The second-order valence-electron chi connectivity index (χ2n) is 1.73. The Morgan fingerprint density at radius 2 is 2.43 bits per heavy atom. The van der Waals surface area contributed by atoms with Crippen LogP contribution in [0.15, 0.2) is 20.8 Å². The van der Waals surface area contributed by atoms with Crippen LogP contribution in [-0.2, 0) is 0 Å². The third-order valence-corrected chi connectivity index (χ3v) is 1.98. The van der Waals surface area contributed by atoms with Gasteiger partial charge in [0, 0.05) is 0 Å². The molecule has 0 aromatic heterocycles. The number of halogens is 1. The van der Waals surface area contributed by atoms with E-state index in [0.717, 1.165) is 37.2 Å². The van der Waals surface area contributed by atoms with Gasteiger partial charge >= 0.3 is 59.5 Å². The van der Waals surface area contributed by atoms with Crippen LogP contribution in [0.2, 0.25) is 0 Å². The molecule has 0 aliphatic heterocycles. The molecule has 0 unspecified atom stereocenters. The normalized spacial score (nSPS) is 19.3. The molecule has 0 saturated carbocycles. The Hall–Kier alpha value is 0.410. The molecule has 0 fully saturated rings. The Morgan fingerprint density at radius 1 is 1.71 bits per heavy atom. The summed E-state index contributed by atoms with van der Waals surface area (Å²) in [7, 11) is 0. The van der Waals surface area contributed by atoms with Crippen molar-refractivity contribution in [3.8, 4) is 0 Å². The average Bonchev–Trinajstić information content (AvgIpc) is 1.91. The molecule has 0 aromatic rings. The Labute approximate surface area is 59.5 Å². The van der Waals surface area contributed by atoms with E-state index in [9.17, 15) is 4.39 Å². The molecule has 1 aliphatic rings. The second kappa shape index (κ2) is 2.12. The van der Waals surface area contributed by atoms with Gasteiger partial charge in [0.15, 0.2) is 0 Å². The van der Waals surface area contributed by atoms with Crippen molar-refractivity contribution in [2.24, 2.45) is 0 Å². The maximum atomic E-state index is 12.1. The monoisotopic (exact) mass is 106 g/mol. The van der Waals surface area contributed by atoms with E-state index < -0.39 is 0 Å². The van der Waals surface area contributed by atoms with Gasteiger partial charge in [-0.25, -0.2) is 0 Å². The van der Waals surface area contributed by atoms with E-state index in [1.54, 1.807) is 6.08 Å². The van der Waals surface area contributed by atoms with E-state index in [0.29, 0.717) is 0 Å². The fraction of sp³-hybridized carbons (Fsp3) is 0.200. The molecule has 32 valence electrons. The average molecular weight is 106 g/mol. The van der Waals surface area contributed by atoms with Crippen LogP contribution in [0.5, 0.6) is 0 Å². The van der Waals surface area contributed by atoms with Crippen LogP contribution in [0.1, 0.15) is 6.42 Å². The van der Waals surface area contributed by atoms with E-state index >= 15 is 0 Å². The first kappa shape index (κ1) is 5.54. The molecule has 0 atom stereocenters.